The molecule has 4 heteroatoms. The first-order chi connectivity index (χ1) is 16.0. The Morgan fingerprint density at radius 3 is 2.76 bits per heavy atom. The van der Waals surface area contributed by atoms with Crippen molar-refractivity contribution in [2.24, 2.45) is 34.5 Å². The molecule has 1 saturated heterocycles. The van der Waals surface area contributed by atoms with E-state index in [-0.39, 0.29) is 28.8 Å². The number of aromatic nitrogens is 1. The summed E-state index contributed by atoms with van der Waals surface area (Å²) < 4.78 is 6.02. The van der Waals surface area contributed by atoms with Gasteiger partial charge in [-0.1, -0.05) is 37.6 Å². The lowest BCUT2D eigenvalue weighted by molar-refractivity contribution is -0.155. The third kappa shape index (κ3) is 3.43. The van der Waals surface area contributed by atoms with Crippen LogP contribution < -0.4 is 5.32 Å². The summed E-state index contributed by atoms with van der Waals surface area (Å²) >= 11 is 0. The second kappa shape index (κ2) is 8.08. The maximum absolute atomic E-state index is 12.6. The van der Waals surface area contributed by atoms with Crippen LogP contribution in [0.4, 0.5) is 0 Å². The summed E-state index contributed by atoms with van der Waals surface area (Å²) in [6.45, 7) is 6.77. The molecule has 1 aromatic rings. The Labute approximate surface area is 198 Å². The van der Waals surface area contributed by atoms with Gasteiger partial charge in [-0.2, -0.15) is 0 Å². The molecule has 3 unspecified atom stereocenters. The second-order valence-electron chi connectivity index (χ2n) is 11.8. The Morgan fingerprint density at radius 2 is 1.97 bits per heavy atom. The SMILES string of the molecule is C[C@]12CCC(OC(=O)[C@H]3CCNC3)CC1=CCC1C2CC[C@]2(C)C(c3cccnc3)=CC[C@H]12. The number of hydrogen-bond donors (Lipinski definition) is 1. The van der Waals surface area contributed by atoms with Crippen LogP contribution in [-0.2, 0) is 9.53 Å². The molecule has 1 N–H and O–H groups in total. The molecule has 0 bridgehead atoms. The topological polar surface area (TPSA) is 51.2 Å². The van der Waals surface area contributed by atoms with Gasteiger partial charge in [-0.05, 0) is 97.3 Å². The molecule has 176 valence electrons. The molecule has 5 aliphatic rings. The molecule has 0 aromatic carbocycles. The van der Waals surface area contributed by atoms with Crippen LogP contribution in [0.1, 0.15) is 70.8 Å². The smallest absolute Gasteiger partial charge is 0.310 e. The second-order valence-corrected chi connectivity index (χ2v) is 11.8. The van der Waals surface area contributed by atoms with E-state index in [1.54, 1.807) is 5.57 Å². The normalized spacial score (nSPS) is 41.9. The van der Waals surface area contributed by atoms with Crippen molar-refractivity contribution in [3.63, 3.8) is 0 Å². The molecule has 1 aromatic heterocycles. The molecule has 2 heterocycles. The molecule has 4 aliphatic carbocycles. The van der Waals surface area contributed by atoms with Gasteiger partial charge in [-0.25, -0.2) is 0 Å². The predicted molar refractivity (Wildman–Crippen MR) is 130 cm³/mol. The van der Waals surface area contributed by atoms with Crippen LogP contribution in [0.2, 0.25) is 0 Å². The molecule has 7 atom stereocenters. The molecule has 0 radical (unpaired) electrons. The van der Waals surface area contributed by atoms with Crippen molar-refractivity contribution < 1.29 is 9.53 Å². The minimum atomic E-state index is 0.0243. The van der Waals surface area contributed by atoms with Gasteiger partial charge in [0, 0.05) is 25.4 Å². The van der Waals surface area contributed by atoms with Gasteiger partial charge >= 0.3 is 5.97 Å². The molecular formula is C29H38N2O2. The zero-order valence-electron chi connectivity index (χ0n) is 20.2. The molecule has 3 fully saturated rings. The van der Waals surface area contributed by atoms with E-state index in [0.29, 0.717) is 0 Å². The summed E-state index contributed by atoms with van der Waals surface area (Å²) in [5.74, 6) is 2.32. The average molecular weight is 447 g/mol. The van der Waals surface area contributed by atoms with E-state index >= 15 is 0 Å². The van der Waals surface area contributed by atoms with Gasteiger partial charge in [0.05, 0.1) is 5.92 Å². The number of nitrogens with zero attached hydrogens (tertiary/aromatic N) is 1. The van der Waals surface area contributed by atoms with E-state index in [9.17, 15) is 4.79 Å². The number of hydrogen-bond acceptors (Lipinski definition) is 4. The number of allylic oxidation sites excluding steroid dienone is 3. The summed E-state index contributed by atoms with van der Waals surface area (Å²) in [6.07, 6.45) is 18.1. The maximum atomic E-state index is 12.6. The van der Waals surface area contributed by atoms with Gasteiger partial charge in [0.1, 0.15) is 6.10 Å². The largest absolute Gasteiger partial charge is 0.462 e. The lowest BCUT2D eigenvalue weighted by Gasteiger charge is -2.57. The fourth-order valence-electron chi connectivity index (χ4n) is 8.38. The quantitative estimate of drug-likeness (QED) is 0.488. The number of carbonyl (C=O) groups is 1. The maximum Gasteiger partial charge on any atom is 0.310 e. The molecular weight excluding hydrogens is 408 g/mol. The molecule has 2 saturated carbocycles. The Bertz CT molecular complexity index is 979. The minimum absolute atomic E-state index is 0.0243. The number of ether oxygens (including phenoxy) is 1. The molecule has 4 nitrogen and oxygen atoms in total. The molecule has 0 spiro atoms. The highest BCUT2D eigenvalue weighted by molar-refractivity contribution is 5.73. The zero-order chi connectivity index (χ0) is 22.6. The Hall–Kier alpha value is -1.94. The fraction of sp³-hybridized carbons (Fsp3) is 0.655. The van der Waals surface area contributed by atoms with Crippen molar-refractivity contribution in [3.05, 3.63) is 47.8 Å². The van der Waals surface area contributed by atoms with Gasteiger partial charge in [0.25, 0.3) is 0 Å². The number of pyridine rings is 1. The highest BCUT2D eigenvalue weighted by atomic mass is 16.5. The summed E-state index contributed by atoms with van der Waals surface area (Å²) in [4.78, 5) is 17.0. The Balaban J connectivity index is 1.19. The van der Waals surface area contributed by atoms with Crippen molar-refractivity contribution >= 4 is 11.5 Å². The summed E-state index contributed by atoms with van der Waals surface area (Å²) in [6, 6.07) is 4.31. The van der Waals surface area contributed by atoms with Gasteiger partial charge in [-0.3, -0.25) is 9.78 Å². The van der Waals surface area contributed by atoms with E-state index in [1.165, 1.54) is 36.8 Å². The van der Waals surface area contributed by atoms with Crippen molar-refractivity contribution in [1.29, 1.82) is 0 Å². The standard InChI is InChI=1S/C29H38N2O2/c1-28-12-9-22(33-27(32)20-11-15-31-18-20)16-21(28)5-6-23-25-8-7-24(19-4-3-14-30-17-19)29(25,2)13-10-26(23)28/h3-5,7,14,17,20,22-23,25-26,31H,6,8-13,15-16,18H2,1-2H3/t20-,22?,23?,25+,26?,28-,29+/m0/s1. The van der Waals surface area contributed by atoms with Crippen molar-refractivity contribution in [3.8, 4) is 0 Å². The third-order valence-corrected chi connectivity index (χ3v) is 10.3. The van der Waals surface area contributed by atoms with Crippen molar-refractivity contribution in [2.75, 3.05) is 13.1 Å². The highest BCUT2D eigenvalue weighted by Crippen LogP contribution is 2.66. The van der Waals surface area contributed by atoms with Crippen LogP contribution in [0.25, 0.3) is 5.57 Å². The van der Waals surface area contributed by atoms with Gasteiger partial charge in [0.15, 0.2) is 0 Å². The predicted octanol–water partition coefficient (Wildman–Crippen LogP) is 5.56. The first-order valence-corrected chi connectivity index (χ1v) is 13.2. The first-order valence-electron chi connectivity index (χ1n) is 13.2. The number of rotatable bonds is 3. The zero-order valence-corrected chi connectivity index (χ0v) is 20.2. The monoisotopic (exact) mass is 446 g/mol. The first kappa shape index (κ1) is 21.6. The van der Waals surface area contributed by atoms with Gasteiger partial charge in [0.2, 0.25) is 0 Å². The van der Waals surface area contributed by atoms with E-state index in [0.717, 1.165) is 56.5 Å². The summed E-state index contributed by atoms with van der Waals surface area (Å²) in [5, 5.41) is 3.29. The number of fused-ring (bicyclic) bond motifs is 5. The Morgan fingerprint density at radius 1 is 1.09 bits per heavy atom. The number of esters is 1. The van der Waals surface area contributed by atoms with Crippen LogP contribution in [0.15, 0.2) is 42.3 Å². The van der Waals surface area contributed by atoms with E-state index < -0.39 is 0 Å². The average Bonchev–Trinajstić information content (AvgIpc) is 3.48. The van der Waals surface area contributed by atoms with Crippen LogP contribution >= 0.6 is 0 Å². The fourth-order valence-corrected chi connectivity index (χ4v) is 8.38. The highest BCUT2D eigenvalue weighted by Gasteiger charge is 2.57. The molecule has 33 heavy (non-hydrogen) atoms. The lowest BCUT2D eigenvalue weighted by atomic mass is 9.47. The van der Waals surface area contributed by atoms with E-state index in [1.807, 2.05) is 6.20 Å². The van der Waals surface area contributed by atoms with Crippen molar-refractivity contribution in [1.82, 2.24) is 10.3 Å². The summed E-state index contributed by atoms with van der Waals surface area (Å²) in [7, 11) is 0. The van der Waals surface area contributed by atoms with Crippen LogP contribution in [-0.4, -0.2) is 30.1 Å². The van der Waals surface area contributed by atoms with E-state index in [4.69, 9.17) is 4.74 Å². The lowest BCUT2D eigenvalue weighted by Crippen LogP contribution is -2.50. The van der Waals surface area contributed by atoms with Crippen LogP contribution in [0.3, 0.4) is 0 Å². The molecule has 1 aliphatic heterocycles. The third-order valence-electron chi connectivity index (χ3n) is 10.3. The number of nitrogens with one attached hydrogen (secondary N) is 1. The van der Waals surface area contributed by atoms with Gasteiger partial charge < -0.3 is 10.1 Å². The van der Waals surface area contributed by atoms with E-state index in [2.05, 4.69) is 54.6 Å². The van der Waals surface area contributed by atoms with Crippen molar-refractivity contribution in [2.45, 2.75) is 71.3 Å². The number of carbonyl (C=O) groups excluding carboxylic acids is 1. The Kier molecular flexibility index (Phi) is 5.28. The summed E-state index contributed by atoms with van der Waals surface area (Å²) in [5.41, 5.74) is 4.99. The van der Waals surface area contributed by atoms with Crippen LogP contribution in [0, 0.1) is 34.5 Å². The minimum Gasteiger partial charge on any atom is -0.462 e. The molecule has 0 amide bonds. The van der Waals surface area contributed by atoms with Gasteiger partial charge in [-0.15, -0.1) is 0 Å². The van der Waals surface area contributed by atoms with Crippen LogP contribution in [0.5, 0.6) is 0 Å². The molecule has 6 rings (SSSR count).